The molecule has 0 saturated heterocycles. The fourth-order valence-corrected chi connectivity index (χ4v) is 2.96. The fourth-order valence-electron chi connectivity index (χ4n) is 2.17. The summed E-state index contributed by atoms with van der Waals surface area (Å²) in [4.78, 5) is 4.46. The van der Waals surface area contributed by atoms with Gasteiger partial charge in [-0.3, -0.25) is 4.98 Å². The second-order valence-electron chi connectivity index (χ2n) is 4.64. The first-order valence-corrected chi connectivity index (χ1v) is 7.92. The molecule has 0 saturated carbocycles. The van der Waals surface area contributed by atoms with Gasteiger partial charge < -0.3 is 10.1 Å². The molecule has 0 spiro atoms. The summed E-state index contributed by atoms with van der Waals surface area (Å²) in [5.74, 6) is 0.497. The van der Waals surface area contributed by atoms with Gasteiger partial charge in [-0.2, -0.15) is 0 Å². The number of halogens is 2. The van der Waals surface area contributed by atoms with E-state index in [1.807, 2.05) is 12.1 Å². The summed E-state index contributed by atoms with van der Waals surface area (Å²) in [6.45, 7) is 2.95. The number of rotatable bonds is 6. The van der Waals surface area contributed by atoms with Crippen molar-refractivity contribution in [3.63, 3.8) is 0 Å². The molecule has 1 atom stereocenters. The molecule has 0 bridgehead atoms. The van der Waals surface area contributed by atoms with Crippen LogP contribution in [0.5, 0.6) is 5.75 Å². The van der Waals surface area contributed by atoms with E-state index in [9.17, 15) is 4.39 Å². The van der Waals surface area contributed by atoms with E-state index in [4.69, 9.17) is 4.74 Å². The molecule has 1 aromatic heterocycles. The number of nitrogens with zero attached hydrogens (tertiary/aromatic N) is 1. The number of hydrogen-bond acceptors (Lipinski definition) is 3. The van der Waals surface area contributed by atoms with Crippen molar-refractivity contribution in [1.29, 1.82) is 0 Å². The first kappa shape index (κ1) is 16.2. The minimum absolute atomic E-state index is 0.117. The molecule has 1 aromatic carbocycles. The number of aromatic nitrogens is 1. The lowest BCUT2D eigenvalue weighted by molar-refractivity contribution is 0.399. The third-order valence-electron chi connectivity index (χ3n) is 3.17. The smallest absolute Gasteiger partial charge is 0.142 e. The highest BCUT2D eigenvalue weighted by atomic mass is 127. The second kappa shape index (κ2) is 7.70. The molecular weight excluding hydrogens is 382 g/mol. The molecule has 0 amide bonds. The van der Waals surface area contributed by atoms with Gasteiger partial charge >= 0.3 is 0 Å². The van der Waals surface area contributed by atoms with Gasteiger partial charge in [-0.05, 0) is 65.4 Å². The van der Waals surface area contributed by atoms with Crippen LogP contribution in [0.1, 0.15) is 30.6 Å². The van der Waals surface area contributed by atoms with Gasteiger partial charge in [-0.1, -0.05) is 13.0 Å². The van der Waals surface area contributed by atoms with Crippen LogP contribution in [0.4, 0.5) is 4.39 Å². The molecular formula is C16H18FIN2O. The van der Waals surface area contributed by atoms with Crippen molar-refractivity contribution in [1.82, 2.24) is 10.3 Å². The van der Waals surface area contributed by atoms with E-state index in [0.29, 0.717) is 0 Å². The molecule has 0 fully saturated rings. The number of nitrogens with one attached hydrogen (secondary N) is 1. The Labute approximate surface area is 138 Å². The zero-order chi connectivity index (χ0) is 15.2. The summed E-state index contributed by atoms with van der Waals surface area (Å²) >= 11 is 2.15. The SMILES string of the molecule is CCCNC(c1ccc(F)cc1I)c1ncccc1OC. The lowest BCUT2D eigenvalue weighted by Crippen LogP contribution is -2.25. The maximum absolute atomic E-state index is 13.3. The minimum Gasteiger partial charge on any atom is -0.495 e. The minimum atomic E-state index is -0.231. The number of hydrogen-bond donors (Lipinski definition) is 1. The third kappa shape index (κ3) is 3.91. The van der Waals surface area contributed by atoms with E-state index < -0.39 is 0 Å². The zero-order valence-corrected chi connectivity index (χ0v) is 14.2. The first-order valence-electron chi connectivity index (χ1n) is 6.84. The van der Waals surface area contributed by atoms with E-state index in [2.05, 4.69) is 39.8 Å². The summed E-state index contributed by atoms with van der Waals surface area (Å²) in [5, 5.41) is 3.47. The normalized spacial score (nSPS) is 12.2. The maximum atomic E-state index is 13.3. The van der Waals surface area contributed by atoms with Gasteiger partial charge in [-0.15, -0.1) is 0 Å². The molecule has 2 rings (SSSR count). The molecule has 5 heteroatoms. The summed E-state index contributed by atoms with van der Waals surface area (Å²) in [6, 6.07) is 8.43. The highest BCUT2D eigenvalue weighted by Gasteiger charge is 2.21. The lowest BCUT2D eigenvalue weighted by Gasteiger charge is -2.21. The Morgan fingerprint density at radius 1 is 1.38 bits per heavy atom. The van der Waals surface area contributed by atoms with E-state index in [-0.39, 0.29) is 11.9 Å². The predicted molar refractivity (Wildman–Crippen MR) is 90.0 cm³/mol. The van der Waals surface area contributed by atoms with Crippen molar-refractivity contribution in [2.75, 3.05) is 13.7 Å². The van der Waals surface area contributed by atoms with Crippen molar-refractivity contribution >= 4 is 22.6 Å². The van der Waals surface area contributed by atoms with Gasteiger partial charge in [0, 0.05) is 9.77 Å². The van der Waals surface area contributed by atoms with Crippen LogP contribution in [0, 0.1) is 9.39 Å². The third-order valence-corrected chi connectivity index (χ3v) is 4.10. The van der Waals surface area contributed by atoms with E-state index in [1.54, 1.807) is 19.4 Å². The van der Waals surface area contributed by atoms with Gasteiger partial charge in [-0.25, -0.2) is 4.39 Å². The van der Waals surface area contributed by atoms with Gasteiger partial charge in [0.05, 0.1) is 13.2 Å². The molecule has 0 radical (unpaired) electrons. The molecule has 0 aliphatic rings. The Bertz CT molecular complexity index is 607. The summed E-state index contributed by atoms with van der Waals surface area (Å²) in [7, 11) is 1.63. The van der Waals surface area contributed by atoms with Crippen molar-refractivity contribution in [2.24, 2.45) is 0 Å². The van der Waals surface area contributed by atoms with Crippen LogP contribution >= 0.6 is 22.6 Å². The lowest BCUT2D eigenvalue weighted by atomic mass is 10.0. The largest absolute Gasteiger partial charge is 0.495 e. The summed E-state index contributed by atoms with van der Waals surface area (Å²) < 4.78 is 19.6. The zero-order valence-electron chi connectivity index (χ0n) is 12.1. The Kier molecular flexibility index (Phi) is 5.93. The topological polar surface area (TPSA) is 34.2 Å². The quantitative estimate of drug-likeness (QED) is 0.747. The molecule has 3 nitrogen and oxygen atoms in total. The Hall–Kier alpha value is -1.21. The first-order chi connectivity index (χ1) is 10.2. The van der Waals surface area contributed by atoms with Gasteiger partial charge in [0.1, 0.15) is 17.3 Å². The fraction of sp³-hybridized carbons (Fsp3) is 0.312. The molecule has 21 heavy (non-hydrogen) atoms. The van der Waals surface area contributed by atoms with Gasteiger partial charge in [0.15, 0.2) is 0 Å². The van der Waals surface area contributed by atoms with Crippen LogP contribution in [0.15, 0.2) is 36.5 Å². The summed E-state index contributed by atoms with van der Waals surface area (Å²) in [6.07, 6.45) is 2.75. The van der Waals surface area contributed by atoms with Crippen LogP contribution < -0.4 is 10.1 Å². The number of benzene rings is 1. The van der Waals surface area contributed by atoms with Crippen molar-refractivity contribution < 1.29 is 9.13 Å². The van der Waals surface area contributed by atoms with Crippen molar-refractivity contribution in [3.8, 4) is 5.75 Å². The molecule has 112 valence electrons. The van der Waals surface area contributed by atoms with Crippen molar-refractivity contribution in [2.45, 2.75) is 19.4 Å². The number of pyridine rings is 1. The summed E-state index contributed by atoms with van der Waals surface area (Å²) in [5.41, 5.74) is 1.82. The van der Waals surface area contributed by atoms with E-state index >= 15 is 0 Å². The van der Waals surface area contributed by atoms with E-state index in [0.717, 1.165) is 33.5 Å². The second-order valence-corrected chi connectivity index (χ2v) is 5.81. The predicted octanol–water partition coefficient (Wildman–Crippen LogP) is 3.92. The van der Waals surface area contributed by atoms with Crippen LogP contribution in [0.2, 0.25) is 0 Å². The van der Waals surface area contributed by atoms with Crippen LogP contribution in [-0.4, -0.2) is 18.6 Å². The molecule has 2 aromatic rings. The molecule has 1 heterocycles. The Morgan fingerprint density at radius 3 is 2.86 bits per heavy atom. The average molecular weight is 400 g/mol. The Balaban J connectivity index is 2.47. The highest BCUT2D eigenvalue weighted by Crippen LogP contribution is 2.31. The highest BCUT2D eigenvalue weighted by molar-refractivity contribution is 14.1. The van der Waals surface area contributed by atoms with Crippen LogP contribution in [0.3, 0.4) is 0 Å². The number of ether oxygens (including phenoxy) is 1. The average Bonchev–Trinajstić information content (AvgIpc) is 2.49. The molecule has 1 unspecified atom stereocenters. The molecule has 0 aliphatic carbocycles. The van der Waals surface area contributed by atoms with Gasteiger partial charge in [0.2, 0.25) is 0 Å². The van der Waals surface area contributed by atoms with Crippen molar-refractivity contribution in [3.05, 3.63) is 57.2 Å². The van der Waals surface area contributed by atoms with Crippen LogP contribution in [-0.2, 0) is 0 Å². The molecule has 0 aliphatic heterocycles. The standard InChI is InChI=1S/C16H18FIN2O/c1-3-8-19-15(12-7-6-11(17)10-13(12)18)16-14(21-2)5-4-9-20-16/h4-7,9-10,15,19H,3,8H2,1-2H3. The Morgan fingerprint density at radius 2 is 2.19 bits per heavy atom. The van der Waals surface area contributed by atoms with Crippen LogP contribution in [0.25, 0.3) is 0 Å². The monoisotopic (exact) mass is 400 g/mol. The van der Waals surface area contributed by atoms with Gasteiger partial charge in [0.25, 0.3) is 0 Å². The van der Waals surface area contributed by atoms with E-state index in [1.165, 1.54) is 12.1 Å². The maximum Gasteiger partial charge on any atom is 0.142 e. The molecule has 1 N–H and O–H groups in total. The number of methoxy groups -OCH3 is 1.